The minimum atomic E-state index is 0.146. The number of rotatable bonds is 0. The van der Waals surface area contributed by atoms with Crippen LogP contribution in [0.4, 0.5) is 11.4 Å². The van der Waals surface area contributed by atoms with Gasteiger partial charge < -0.3 is 5.73 Å². The smallest absolute Gasteiger partial charge is 0.109 e. The number of nitrogen functional groups attached to an aromatic ring is 1. The van der Waals surface area contributed by atoms with Crippen molar-refractivity contribution in [3.63, 3.8) is 0 Å². The topological polar surface area (TPSA) is 48.3 Å². The molecule has 1 aromatic carbocycles. The summed E-state index contributed by atoms with van der Waals surface area (Å²) in [5.74, 6) is 0. The van der Waals surface area contributed by atoms with Crippen LogP contribution in [0, 0.1) is 0 Å². The monoisotopic (exact) mass is 106 g/mol. The van der Waals surface area contributed by atoms with E-state index >= 15 is 0 Å². The van der Waals surface area contributed by atoms with E-state index in [1.54, 1.807) is 24.3 Å². The Hall–Kier alpha value is -1.18. The predicted molar refractivity (Wildman–Crippen MR) is 32.6 cm³/mol. The molecule has 0 aliphatic rings. The maximum Gasteiger partial charge on any atom is 0.109 e. The molecular formula is C6H6N2. The van der Waals surface area contributed by atoms with Crippen LogP contribution in [-0.2, 0) is 0 Å². The number of anilines is 1. The van der Waals surface area contributed by atoms with E-state index in [4.69, 9.17) is 11.5 Å². The lowest BCUT2D eigenvalue weighted by Crippen LogP contribution is -1.84. The molecule has 2 N–H and O–H groups in total. The standard InChI is InChI=1S/C6H6N2/c7-5-3-1-2-4-6(5)8/h1-4H,7H2. The molecule has 2 radical (unpaired) electrons. The summed E-state index contributed by atoms with van der Waals surface area (Å²) in [6.45, 7) is 0. The number of nitrogens with two attached hydrogens (primary N) is 1. The normalized spacial score (nSPS) is 9.00. The summed E-state index contributed by atoms with van der Waals surface area (Å²) < 4.78 is 0. The molecule has 2 nitrogen and oxygen atoms in total. The van der Waals surface area contributed by atoms with Crippen molar-refractivity contribution in [3.05, 3.63) is 24.3 Å². The third kappa shape index (κ3) is 0.729. The number of hydrogen-bond donors (Lipinski definition) is 1. The van der Waals surface area contributed by atoms with E-state index in [2.05, 4.69) is 0 Å². The minimum Gasteiger partial charge on any atom is -0.397 e. The van der Waals surface area contributed by atoms with Crippen molar-refractivity contribution < 1.29 is 0 Å². The van der Waals surface area contributed by atoms with Crippen LogP contribution in [0.15, 0.2) is 24.3 Å². The molecule has 8 heavy (non-hydrogen) atoms. The van der Waals surface area contributed by atoms with Crippen molar-refractivity contribution in [1.82, 2.24) is 5.73 Å². The fourth-order valence-corrected chi connectivity index (χ4v) is 0.488. The molecule has 0 aliphatic heterocycles. The van der Waals surface area contributed by atoms with E-state index in [0.717, 1.165) is 0 Å². The molecule has 40 valence electrons. The average molecular weight is 106 g/mol. The van der Waals surface area contributed by atoms with Gasteiger partial charge in [-0.15, -0.1) is 5.73 Å². The first-order chi connectivity index (χ1) is 3.80. The Morgan fingerprint density at radius 1 is 1.25 bits per heavy atom. The van der Waals surface area contributed by atoms with Gasteiger partial charge in [-0.3, -0.25) is 0 Å². The molecule has 0 aliphatic carbocycles. The summed E-state index contributed by atoms with van der Waals surface area (Å²) in [5, 5.41) is 0. The second-order valence-electron chi connectivity index (χ2n) is 1.56. The summed E-state index contributed by atoms with van der Waals surface area (Å²) in [5.41, 5.74) is 14.6. The fourth-order valence-electron chi connectivity index (χ4n) is 0.488. The third-order valence-electron chi connectivity index (χ3n) is 0.937. The van der Waals surface area contributed by atoms with E-state index in [9.17, 15) is 0 Å². The Labute approximate surface area is 48.1 Å². The molecule has 0 heterocycles. The van der Waals surface area contributed by atoms with Gasteiger partial charge in [-0.25, -0.2) is 0 Å². The summed E-state index contributed by atoms with van der Waals surface area (Å²) in [7, 11) is 0. The molecule has 0 saturated heterocycles. The van der Waals surface area contributed by atoms with Gasteiger partial charge in [0.1, 0.15) is 5.69 Å². The van der Waals surface area contributed by atoms with Crippen LogP contribution < -0.4 is 11.5 Å². The highest BCUT2D eigenvalue weighted by Gasteiger charge is 1.88. The van der Waals surface area contributed by atoms with Crippen LogP contribution in [0.5, 0.6) is 0 Å². The number of benzene rings is 1. The second-order valence-corrected chi connectivity index (χ2v) is 1.56. The largest absolute Gasteiger partial charge is 0.397 e. The Balaban J connectivity index is 3.13. The Morgan fingerprint density at radius 2 is 1.88 bits per heavy atom. The third-order valence-corrected chi connectivity index (χ3v) is 0.937. The Bertz CT molecular complexity index is 163. The van der Waals surface area contributed by atoms with Gasteiger partial charge in [0.15, 0.2) is 0 Å². The minimum absolute atomic E-state index is 0.146. The van der Waals surface area contributed by atoms with E-state index in [1.165, 1.54) is 0 Å². The SMILES string of the molecule is [N]c1ccccc1N. The van der Waals surface area contributed by atoms with Gasteiger partial charge in [0, 0.05) is 0 Å². The molecular weight excluding hydrogens is 100 g/mol. The maximum atomic E-state index is 8.79. The van der Waals surface area contributed by atoms with Gasteiger partial charge in [0.25, 0.3) is 0 Å². The van der Waals surface area contributed by atoms with E-state index in [-0.39, 0.29) is 5.69 Å². The molecule has 0 amide bonds. The molecule has 0 saturated carbocycles. The zero-order valence-electron chi connectivity index (χ0n) is 4.33. The molecule has 0 spiro atoms. The highest BCUT2D eigenvalue weighted by atomic mass is 14.7. The lowest BCUT2D eigenvalue weighted by atomic mass is 10.3. The fraction of sp³-hybridized carbons (Fsp3) is 0. The summed E-state index contributed by atoms with van der Waals surface area (Å²) in [4.78, 5) is 0. The Morgan fingerprint density at radius 3 is 2.25 bits per heavy atom. The van der Waals surface area contributed by atoms with Crippen molar-refractivity contribution >= 4 is 11.4 Å². The molecule has 0 unspecified atom stereocenters. The maximum absolute atomic E-state index is 8.79. The van der Waals surface area contributed by atoms with Gasteiger partial charge in [-0.2, -0.15) is 0 Å². The second kappa shape index (κ2) is 1.74. The van der Waals surface area contributed by atoms with Crippen molar-refractivity contribution in [2.75, 3.05) is 5.73 Å². The van der Waals surface area contributed by atoms with Crippen LogP contribution in [0.2, 0.25) is 0 Å². The molecule has 1 rings (SSSR count). The number of hydrogen-bond acceptors (Lipinski definition) is 1. The van der Waals surface area contributed by atoms with Crippen LogP contribution in [0.25, 0.3) is 0 Å². The zero-order valence-corrected chi connectivity index (χ0v) is 4.33. The lowest BCUT2D eigenvalue weighted by Gasteiger charge is -1.90. The van der Waals surface area contributed by atoms with Crippen molar-refractivity contribution in [3.8, 4) is 0 Å². The molecule has 0 bridgehead atoms. The number of nitrogens with zero attached hydrogens (tertiary/aromatic N) is 1. The highest BCUT2D eigenvalue weighted by Crippen LogP contribution is 2.12. The Kier molecular flexibility index (Phi) is 1.08. The van der Waals surface area contributed by atoms with E-state index in [1.807, 2.05) is 0 Å². The molecule has 0 atom stereocenters. The van der Waals surface area contributed by atoms with Crippen LogP contribution in [0.3, 0.4) is 0 Å². The van der Waals surface area contributed by atoms with Crippen LogP contribution in [-0.4, -0.2) is 0 Å². The first-order valence-corrected chi connectivity index (χ1v) is 2.34. The first kappa shape index (κ1) is 4.97. The summed E-state index contributed by atoms with van der Waals surface area (Å²) in [6, 6.07) is 6.70. The van der Waals surface area contributed by atoms with Crippen LogP contribution in [0.1, 0.15) is 0 Å². The highest BCUT2D eigenvalue weighted by molar-refractivity contribution is 5.59. The van der Waals surface area contributed by atoms with E-state index < -0.39 is 0 Å². The molecule has 2 heteroatoms. The van der Waals surface area contributed by atoms with Crippen molar-refractivity contribution in [2.24, 2.45) is 0 Å². The van der Waals surface area contributed by atoms with Gasteiger partial charge in [-0.05, 0) is 12.1 Å². The summed E-state index contributed by atoms with van der Waals surface area (Å²) >= 11 is 0. The first-order valence-electron chi connectivity index (χ1n) is 2.34. The molecule has 0 fully saturated rings. The summed E-state index contributed by atoms with van der Waals surface area (Å²) in [6.07, 6.45) is 0. The van der Waals surface area contributed by atoms with Crippen molar-refractivity contribution in [2.45, 2.75) is 0 Å². The molecule has 1 aromatic rings. The zero-order chi connectivity index (χ0) is 5.98. The lowest BCUT2D eigenvalue weighted by molar-refractivity contribution is 1.48. The number of para-hydroxylation sites is 1. The van der Waals surface area contributed by atoms with Crippen molar-refractivity contribution in [1.29, 1.82) is 0 Å². The van der Waals surface area contributed by atoms with Gasteiger partial charge >= 0.3 is 0 Å². The quantitative estimate of drug-likeness (QED) is 0.492. The van der Waals surface area contributed by atoms with Gasteiger partial charge in [0.05, 0.1) is 5.69 Å². The van der Waals surface area contributed by atoms with E-state index in [0.29, 0.717) is 5.69 Å². The molecule has 0 aromatic heterocycles. The van der Waals surface area contributed by atoms with Crippen LogP contribution >= 0.6 is 0 Å². The average Bonchev–Trinajstić information content (AvgIpc) is 1.77. The van der Waals surface area contributed by atoms with Gasteiger partial charge in [-0.1, -0.05) is 12.1 Å². The predicted octanol–water partition coefficient (Wildman–Crippen LogP) is 0.969. The van der Waals surface area contributed by atoms with Gasteiger partial charge in [0.2, 0.25) is 0 Å².